The first-order valence-electron chi connectivity index (χ1n) is 7.06. The summed E-state index contributed by atoms with van der Waals surface area (Å²) in [6, 6.07) is 5.74. The van der Waals surface area contributed by atoms with Crippen LogP contribution in [0.25, 0.3) is 0 Å². The second-order valence-electron chi connectivity index (χ2n) is 5.44. The van der Waals surface area contributed by atoms with E-state index in [4.69, 9.17) is 0 Å². The number of aryl methyl sites for hydroxylation is 2. The lowest BCUT2D eigenvalue weighted by atomic mass is 10.0. The van der Waals surface area contributed by atoms with Gasteiger partial charge in [-0.05, 0) is 44.7 Å². The molecule has 0 radical (unpaired) electrons. The van der Waals surface area contributed by atoms with E-state index in [0.29, 0.717) is 11.4 Å². The predicted octanol–water partition coefficient (Wildman–Crippen LogP) is 3.26. The average Bonchev–Trinajstić information content (AvgIpc) is 2.38. The number of nitrogens with zero attached hydrogens (tertiary/aromatic N) is 1. The third-order valence-corrected chi connectivity index (χ3v) is 6.07. The van der Waals surface area contributed by atoms with Gasteiger partial charge in [0.2, 0.25) is 10.0 Å². The summed E-state index contributed by atoms with van der Waals surface area (Å²) in [6.45, 7) is 6.60. The summed E-state index contributed by atoms with van der Waals surface area (Å²) >= 11 is 0. The van der Waals surface area contributed by atoms with Crippen LogP contribution in [0, 0.1) is 13.8 Å². The van der Waals surface area contributed by atoms with Gasteiger partial charge in [-0.15, -0.1) is 0 Å². The monoisotopic (exact) mass is 281 g/mol. The zero-order valence-corrected chi connectivity index (χ0v) is 12.8. The molecule has 1 aromatic carbocycles. The fraction of sp³-hybridized carbons (Fsp3) is 0.600. The molecule has 0 saturated carbocycles. The highest BCUT2D eigenvalue weighted by Crippen LogP contribution is 2.28. The molecule has 0 N–H and O–H groups in total. The van der Waals surface area contributed by atoms with Gasteiger partial charge in [-0.2, -0.15) is 4.31 Å². The molecular weight excluding hydrogens is 258 g/mol. The van der Waals surface area contributed by atoms with E-state index in [2.05, 4.69) is 6.92 Å². The molecule has 19 heavy (non-hydrogen) atoms. The van der Waals surface area contributed by atoms with Crippen LogP contribution in [0.2, 0.25) is 0 Å². The highest BCUT2D eigenvalue weighted by atomic mass is 32.2. The lowest BCUT2D eigenvalue weighted by Gasteiger charge is -2.34. The van der Waals surface area contributed by atoms with E-state index in [9.17, 15) is 8.42 Å². The van der Waals surface area contributed by atoms with Gasteiger partial charge in [0, 0.05) is 12.6 Å². The third kappa shape index (κ3) is 2.84. The van der Waals surface area contributed by atoms with Gasteiger partial charge in [0.15, 0.2) is 0 Å². The maximum atomic E-state index is 12.8. The zero-order chi connectivity index (χ0) is 14.0. The van der Waals surface area contributed by atoms with Crippen molar-refractivity contribution in [2.45, 2.75) is 57.4 Å². The van der Waals surface area contributed by atoms with Crippen molar-refractivity contribution in [3.63, 3.8) is 0 Å². The summed E-state index contributed by atoms with van der Waals surface area (Å²) in [5.74, 6) is 0. The lowest BCUT2D eigenvalue weighted by molar-refractivity contribution is 0.246. The minimum absolute atomic E-state index is 0.166. The van der Waals surface area contributed by atoms with Crippen LogP contribution in [0.1, 0.15) is 43.7 Å². The van der Waals surface area contributed by atoms with Crippen LogP contribution in [0.15, 0.2) is 23.1 Å². The Bertz CT molecular complexity index is 551. The Morgan fingerprint density at radius 1 is 1.26 bits per heavy atom. The molecular formula is C15H23NO2S. The summed E-state index contributed by atoms with van der Waals surface area (Å²) < 4.78 is 27.3. The van der Waals surface area contributed by atoms with E-state index in [1.807, 2.05) is 26.0 Å². The molecule has 1 aliphatic rings. The molecule has 0 amide bonds. The Labute approximate surface area is 116 Å². The Hall–Kier alpha value is -0.870. The first-order valence-corrected chi connectivity index (χ1v) is 8.50. The number of rotatable bonds is 3. The number of hydrogen-bond acceptors (Lipinski definition) is 2. The Morgan fingerprint density at radius 2 is 2.00 bits per heavy atom. The van der Waals surface area contributed by atoms with Gasteiger partial charge in [0.1, 0.15) is 0 Å². The highest BCUT2D eigenvalue weighted by Gasteiger charge is 2.33. The Kier molecular flexibility index (Phi) is 4.31. The van der Waals surface area contributed by atoms with Crippen molar-refractivity contribution >= 4 is 10.0 Å². The molecule has 0 bridgehead atoms. The van der Waals surface area contributed by atoms with Gasteiger partial charge in [-0.3, -0.25) is 0 Å². The van der Waals surface area contributed by atoms with Gasteiger partial charge < -0.3 is 0 Å². The SMILES string of the molecule is CCC1CCCCN1S(=O)(=O)c1ccc(C)cc1C. The molecule has 1 aliphatic heterocycles. The number of benzene rings is 1. The van der Waals surface area contributed by atoms with Gasteiger partial charge in [0.25, 0.3) is 0 Å². The molecule has 1 unspecified atom stereocenters. The van der Waals surface area contributed by atoms with Crippen molar-refractivity contribution < 1.29 is 8.42 Å². The highest BCUT2D eigenvalue weighted by molar-refractivity contribution is 7.89. The smallest absolute Gasteiger partial charge is 0.207 e. The molecule has 1 saturated heterocycles. The number of piperidine rings is 1. The molecule has 106 valence electrons. The van der Waals surface area contributed by atoms with E-state index in [1.54, 1.807) is 10.4 Å². The molecule has 2 rings (SSSR count). The standard InChI is InChI=1S/C15H23NO2S/c1-4-14-7-5-6-10-16(14)19(17,18)15-9-8-12(2)11-13(15)3/h8-9,11,14H,4-7,10H2,1-3H3. The van der Waals surface area contributed by atoms with Gasteiger partial charge >= 0.3 is 0 Å². The Morgan fingerprint density at radius 3 is 2.63 bits per heavy atom. The number of hydrogen-bond donors (Lipinski definition) is 0. The molecule has 0 aliphatic carbocycles. The summed E-state index contributed by atoms with van der Waals surface area (Å²) in [4.78, 5) is 0.471. The van der Waals surface area contributed by atoms with Crippen molar-refractivity contribution in [3.8, 4) is 0 Å². The molecule has 3 nitrogen and oxygen atoms in total. The molecule has 4 heteroatoms. The molecule has 1 aromatic rings. The van der Waals surface area contributed by atoms with Crippen LogP contribution in [0.4, 0.5) is 0 Å². The van der Waals surface area contributed by atoms with E-state index < -0.39 is 10.0 Å². The molecule has 1 heterocycles. The number of sulfonamides is 1. The molecule has 1 fully saturated rings. The lowest BCUT2D eigenvalue weighted by Crippen LogP contribution is -2.43. The molecule has 1 atom stereocenters. The van der Waals surface area contributed by atoms with E-state index in [-0.39, 0.29) is 6.04 Å². The fourth-order valence-electron chi connectivity index (χ4n) is 2.91. The summed E-state index contributed by atoms with van der Waals surface area (Å²) in [5.41, 5.74) is 1.95. The van der Waals surface area contributed by atoms with Crippen LogP contribution in [0.3, 0.4) is 0 Å². The van der Waals surface area contributed by atoms with E-state index in [0.717, 1.165) is 36.8 Å². The first kappa shape index (κ1) is 14.5. The van der Waals surface area contributed by atoms with Crippen LogP contribution >= 0.6 is 0 Å². The van der Waals surface area contributed by atoms with Gasteiger partial charge in [-0.1, -0.05) is 31.0 Å². The molecule has 0 aromatic heterocycles. The maximum absolute atomic E-state index is 12.8. The topological polar surface area (TPSA) is 37.4 Å². The van der Waals surface area contributed by atoms with E-state index in [1.165, 1.54) is 0 Å². The van der Waals surface area contributed by atoms with Crippen LogP contribution in [-0.4, -0.2) is 25.3 Å². The van der Waals surface area contributed by atoms with Crippen molar-refractivity contribution in [2.75, 3.05) is 6.54 Å². The van der Waals surface area contributed by atoms with Crippen LogP contribution in [-0.2, 0) is 10.0 Å². The maximum Gasteiger partial charge on any atom is 0.243 e. The van der Waals surface area contributed by atoms with Crippen molar-refractivity contribution in [2.24, 2.45) is 0 Å². The largest absolute Gasteiger partial charge is 0.243 e. The van der Waals surface area contributed by atoms with Crippen molar-refractivity contribution in [1.29, 1.82) is 0 Å². The molecule has 0 spiro atoms. The predicted molar refractivity (Wildman–Crippen MR) is 77.7 cm³/mol. The normalized spacial score (nSPS) is 21.5. The third-order valence-electron chi connectivity index (χ3n) is 3.96. The van der Waals surface area contributed by atoms with Crippen molar-refractivity contribution in [3.05, 3.63) is 29.3 Å². The van der Waals surface area contributed by atoms with Crippen LogP contribution < -0.4 is 0 Å². The van der Waals surface area contributed by atoms with Gasteiger partial charge in [0.05, 0.1) is 4.90 Å². The van der Waals surface area contributed by atoms with Crippen molar-refractivity contribution in [1.82, 2.24) is 4.31 Å². The second-order valence-corrected chi connectivity index (χ2v) is 7.30. The minimum atomic E-state index is -3.34. The average molecular weight is 281 g/mol. The van der Waals surface area contributed by atoms with E-state index >= 15 is 0 Å². The fourth-order valence-corrected chi connectivity index (χ4v) is 4.89. The van der Waals surface area contributed by atoms with Gasteiger partial charge in [-0.25, -0.2) is 8.42 Å². The zero-order valence-electron chi connectivity index (χ0n) is 12.0. The Balaban J connectivity index is 2.40. The quantitative estimate of drug-likeness (QED) is 0.853. The summed E-state index contributed by atoms with van der Waals surface area (Å²) in [5, 5.41) is 0. The summed E-state index contributed by atoms with van der Waals surface area (Å²) in [7, 11) is -3.34. The minimum Gasteiger partial charge on any atom is -0.207 e. The van der Waals surface area contributed by atoms with Crippen LogP contribution in [0.5, 0.6) is 0 Å². The first-order chi connectivity index (χ1) is 8.96. The second kappa shape index (κ2) is 5.63. The summed E-state index contributed by atoms with van der Waals surface area (Å²) in [6.07, 6.45) is 3.99.